The van der Waals surface area contributed by atoms with Gasteiger partial charge in [-0.3, -0.25) is 13.9 Å². The van der Waals surface area contributed by atoms with Crippen LogP contribution in [-0.2, 0) is 23.9 Å². The van der Waals surface area contributed by atoms with Gasteiger partial charge in [-0.2, -0.15) is 0 Å². The minimum atomic E-state index is -0.790. The molecule has 0 saturated carbocycles. The van der Waals surface area contributed by atoms with E-state index in [4.69, 9.17) is 9.78 Å². The van der Waals surface area contributed by atoms with Crippen molar-refractivity contribution in [3.8, 4) is 17.1 Å². The van der Waals surface area contributed by atoms with Crippen molar-refractivity contribution in [3.05, 3.63) is 62.9 Å². The Labute approximate surface area is 170 Å². The Morgan fingerprint density at radius 3 is 2.47 bits per heavy atom. The third kappa shape index (κ3) is 4.02. The van der Waals surface area contributed by atoms with Crippen LogP contribution >= 0.6 is 0 Å². The predicted octanol–water partition coefficient (Wildman–Crippen LogP) is 2.30. The Morgan fingerprint density at radius 1 is 1.10 bits per heavy atom. The summed E-state index contributed by atoms with van der Waals surface area (Å²) in [6.45, 7) is 1.78. The average Bonchev–Trinajstić information content (AvgIpc) is 2.77. The molecule has 0 fully saturated rings. The van der Waals surface area contributed by atoms with Crippen LogP contribution in [0.4, 0.5) is 11.6 Å². The molecule has 30 heavy (non-hydrogen) atoms. The molecule has 0 amide bonds. The average molecular weight is 412 g/mol. The number of hydrogen-bond donors (Lipinski definition) is 1. The fraction of sp³-hybridized carbons (Fsp3) is 0.263. The summed E-state index contributed by atoms with van der Waals surface area (Å²) in [6, 6.07) is 9.31. The van der Waals surface area contributed by atoms with Crippen LogP contribution in [0.1, 0.15) is 18.6 Å². The fourth-order valence-corrected chi connectivity index (χ4v) is 2.75. The summed E-state index contributed by atoms with van der Waals surface area (Å²) in [6.07, 6.45) is 1.06. The number of aromatic nitrogens is 4. The molecular formula is C19H20N6O5. The Bertz CT molecular complexity index is 1200. The molecule has 0 aliphatic carbocycles. The zero-order chi connectivity index (χ0) is 21.8. The summed E-state index contributed by atoms with van der Waals surface area (Å²) in [5, 5.41) is 17.8. The van der Waals surface area contributed by atoms with E-state index in [-0.39, 0.29) is 5.95 Å². The number of benzene rings is 1. The standard InChI is InChI=1S/C19H20N6O5/c1-11(30-29-4)13-10-20-18(21-14(13)12-8-6-5-7-9-12)23-22-15-16(26)24(2)19(28)25(3)17(15)27/h5-11,26H,1-4H3. The molecule has 1 aromatic carbocycles. The molecule has 0 aliphatic heterocycles. The Balaban J connectivity index is 2.09. The summed E-state index contributed by atoms with van der Waals surface area (Å²) in [5.41, 5.74) is 0.116. The topological polar surface area (TPSA) is 133 Å². The van der Waals surface area contributed by atoms with Gasteiger partial charge in [0, 0.05) is 31.4 Å². The highest BCUT2D eigenvalue weighted by Gasteiger charge is 2.18. The Hall–Kier alpha value is -3.70. The van der Waals surface area contributed by atoms with Gasteiger partial charge in [0.2, 0.25) is 11.6 Å². The van der Waals surface area contributed by atoms with Gasteiger partial charge in [0.15, 0.2) is 0 Å². The lowest BCUT2D eigenvalue weighted by Crippen LogP contribution is -2.36. The molecule has 11 nitrogen and oxygen atoms in total. The first kappa shape index (κ1) is 21.0. The largest absolute Gasteiger partial charge is 0.493 e. The van der Waals surface area contributed by atoms with E-state index in [0.29, 0.717) is 11.3 Å². The maximum absolute atomic E-state index is 12.3. The molecule has 1 N–H and O–H groups in total. The molecule has 0 radical (unpaired) electrons. The monoisotopic (exact) mass is 412 g/mol. The Morgan fingerprint density at radius 2 is 1.80 bits per heavy atom. The molecule has 156 valence electrons. The lowest BCUT2D eigenvalue weighted by molar-refractivity contribution is -0.303. The zero-order valence-corrected chi connectivity index (χ0v) is 16.8. The van der Waals surface area contributed by atoms with Gasteiger partial charge in [0.25, 0.3) is 11.5 Å². The van der Waals surface area contributed by atoms with E-state index < -0.39 is 28.9 Å². The molecule has 3 aromatic rings. The summed E-state index contributed by atoms with van der Waals surface area (Å²) in [5.74, 6) is -0.647. The zero-order valence-electron chi connectivity index (χ0n) is 16.8. The van der Waals surface area contributed by atoms with E-state index in [2.05, 4.69) is 20.2 Å². The first-order valence-corrected chi connectivity index (χ1v) is 8.87. The molecule has 2 aromatic heterocycles. The van der Waals surface area contributed by atoms with Crippen molar-refractivity contribution < 1.29 is 14.9 Å². The third-order valence-electron chi connectivity index (χ3n) is 4.38. The molecule has 11 heteroatoms. The highest BCUT2D eigenvalue weighted by atomic mass is 17.2. The van der Waals surface area contributed by atoms with Gasteiger partial charge in [0.1, 0.15) is 6.10 Å². The van der Waals surface area contributed by atoms with Crippen LogP contribution in [0.25, 0.3) is 11.3 Å². The van der Waals surface area contributed by atoms with Crippen molar-refractivity contribution in [2.24, 2.45) is 24.3 Å². The minimum Gasteiger partial charge on any atom is -0.493 e. The molecule has 1 atom stereocenters. The molecule has 2 heterocycles. The van der Waals surface area contributed by atoms with E-state index in [1.54, 1.807) is 6.92 Å². The van der Waals surface area contributed by atoms with E-state index in [1.165, 1.54) is 27.4 Å². The third-order valence-corrected chi connectivity index (χ3v) is 4.38. The number of azo groups is 1. The highest BCUT2D eigenvalue weighted by Crippen LogP contribution is 2.30. The number of nitrogens with zero attached hydrogens (tertiary/aromatic N) is 6. The van der Waals surface area contributed by atoms with Crippen molar-refractivity contribution in [2.75, 3.05) is 7.11 Å². The summed E-state index contributed by atoms with van der Waals surface area (Å²) < 4.78 is 1.70. The summed E-state index contributed by atoms with van der Waals surface area (Å²) in [7, 11) is 3.99. The van der Waals surface area contributed by atoms with Crippen LogP contribution in [-0.4, -0.2) is 31.3 Å². The second-order valence-electron chi connectivity index (χ2n) is 6.32. The van der Waals surface area contributed by atoms with Crippen LogP contribution in [0.5, 0.6) is 5.88 Å². The van der Waals surface area contributed by atoms with Gasteiger partial charge in [-0.1, -0.05) is 30.3 Å². The van der Waals surface area contributed by atoms with E-state index in [1.807, 2.05) is 30.3 Å². The number of aromatic hydroxyl groups is 1. The predicted molar refractivity (Wildman–Crippen MR) is 107 cm³/mol. The van der Waals surface area contributed by atoms with Crippen LogP contribution in [0.2, 0.25) is 0 Å². The van der Waals surface area contributed by atoms with Gasteiger partial charge < -0.3 is 5.11 Å². The molecular weight excluding hydrogens is 392 g/mol. The molecule has 1 unspecified atom stereocenters. The van der Waals surface area contributed by atoms with Gasteiger partial charge in [0.05, 0.1) is 12.8 Å². The minimum absolute atomic E-state index is 0.0440. The molecule has 0 spiro atoms. The van der Waals surface area contributed by atoms with Gasteiger partial charge >= 0.3 is 5.69 Å². The number of hydrogen-bond acceptors (Lipinski definition) is 9. The fourth-order valence-electron chi connectivity index (χ4n) is 2.75. The first-order valence-electron chi connectivity index (χ1n) is 8.87. The van der Waals surface area contributed by atoms with E-state index in [9.17, 15) is 14.7 Å². The van der Waals surface area contributed by atoms with Crippen molar-refractivity contribution in [1.29, 1.82) is 0 Å². The highest BCUT2D eigenvalue weighted by molar-refractivity contribution is 5.64. The lowest BCUT2D eigenvalue weighted by Gasteiger charge is -2.14. The van der Waals surface area contributed by atoms with Gasteiger partial charge in [-0.25, -0.2) is 24.5 Å². The van der Waals surface area contributed by atoms with Crippen molar-refractivity contribution in [3.63, 3.8) is 0 Å². The Kier molecular flexibility index (Phi) is 6.14. The molecule has 0 bridgehead atoms. The molecule has 3 rings (SSSR count). The molecule has 0 aliphatic rings. The number of rotatable bonds is 6. The van der Waals surface area contributed by atoms with Crippen molar-refractivity contribution in [2.45, 2.75) is 13.0 Å². The van der Waals surface area contributed by atoms with Crippen LogP contribution in [0.3, 0.4) is 0 Å². The lowest BCUT2D eigenvalue weighted by atomic mass is 10.0. The summed E-state index contributed by atoms with van der Waals surface area (Å²) >= 11 is 0. The maximum Gasteiger partial charge on any atom is 0.333 e. The second kappa shape index (κ2) is 8.76. The normalized spacial score (nSPS) is 12.4. The van der Waals surface area contributed by atoms with Gasteiger partial charge in [-0.15, -0.1) is 10.2 Å². The SMILES string of the molecule is COOC(C)c1cnc(N=Nc2c(O)n(C)c(=O)n(C)c2=O)nc1-c1ccccc1. The van der Waals surface area contributed by atoms with Crippen LogP contribution in [0, 0.1) is 0 Å². The molecule has 0 saturated heterocycles. The smallest absolute Gasteiger partial charge is 0.333 e. The van der Waals surface area contributed by atoms with Crippen molar-refractivity contribution >= 4 is 11.6 Å². The summed E-state index contributed by atoms with van der Waals surface area (Å²) in [4.78, 5) is 42.6. The van der Waals surface area contributed by atoms with Gasteiger partial charge in [-0.05, 0) is 6.92 Å². The second-order valence-corrected chi connectivity index (χ2v) is 6.32. The van der Waals surface area contributed by atoms with E-state index in [0.717, 1.165) is 14.7 Å². The van der Waals surface area contributed by atoms with Crippen molar-refractivity contribution in [1.82, 2.24) is 19.1 Å². The van der Waals surface area contributed by atoms with E-state index >= 15 is 0 Å². The first-order chi connectivity index (χ1) is 14.3. The maximum atomic E-state index is 12.3. The van der Waals surface area contributed by atoms with Crippen LogP contribution < -0.4 is 11.2 Å². The quantitative estimate of drug-likeness (QED) is 0.373. The van der Waals surface area contributed by atoms with Crippen LogP contribution in [0.15, 0.2) is 56.3 Å².